The van der Waals surface area contributed by atoms with Crippen LogP contribution in [0.4, 0.5) is 4.39 Å². The van der Waals surface area contributed by atoms with Crippen molar-refractivity contribution in [1.29, 1.82) is 0 Å². The van der Waals surface area contributed by atoms with Crippen LogP contribution in [0, 0.1) is 5.82 Å². The van der Waals surface area contributed by atoms with Gasteiger partial charge in [-0.1, -0.05) is 18.2 Å². The molecule has 1 aromatic carbocycles. The highest BCUT2D eigenvalue weighted by molar-refractivity contribution is 9.10. The van der Waals surface area contributed by atoms with Crippen molar-refractivity contribution in [2.45, 2.75) is 19.3 Å². The predicted octanol–water partition coefficient (Wildman–Crippen LogP) is 2.36. The second-order valence-electron chi connectivity index (χ2n) is 4.14. The lowest BCUT2D eigenvalue weighted by atomic mass is 10.2. The standard InChI is InChI=1S/C13H14BrFN2O2/c14-11-5-16-17(6-11)7-12(18)9-19-8-10-3-1-2-4-13(10)15/h1-6,12,18H,7-9H2. The second-order valence-corrected chi connectivity index (χ2v) is 5.06. The van der Waals surface area contributed by atoms with E-state index in [0.29, 0.717) is 12.1 Å². The molecule has 1 unspecified atom stereocenters. The monoisotopic (exact) mass is 328 g/mol. The molecule has 0 aliphatic heterocycles. The van der Waals surface area contributed by atoms with Crippen molar-refractivity contribution in [1.82, 2.24) is 9.78 Å². The zero-order valence-electron chi connectivity index (χ0n) is 10.2. The number of benzene rings is 1. The van der Waals surface area contributed by atoms with E-state index in [-0.39, 0.29) is 19.0 Å². The lowest BCUT2D eigenvalue weighted by molar-refractivity contribution is 0.0178. The van der Waals surface area contributed by atoms with E-state index in [1.54, 1.807) is 35.3 Å². The van der Waals surface area contributed by atoms with Gasteiger partial charge in [-0.25, -0.2) is 4.39 Å². The molecule has 0 aliphatic carbocycles. The Morgan fingerprint density at radius 2 is 2.21 bits per heavy atom. The molecular weight excluding hydrogens is 315 g/mol. The normalized spacial score (nSPS) is 12.6. The Hall–Kier alpha value is -1.24. The zero-order chi connectivity index (χ0) is 13.7. The van der Waals surface area contributed by atoms with E-state index < -0.39 is 6.10 Å². The van der Waals surface area contributed by atoms with Gasteiger partial charge in [0.05, 0.1) is 36.5 Å². The van der Waals surface area contributed by atoms with E-state index in [9.17, 15) is 9.50 Å². The summed E-state index contributed by atoms with van der Waals surface area (Å²) in [6, 6.07) is 6.42. The Morgan fingerprint density at radius 3 is 2.89 bits per heavy atom. The molecule has 2 rings (SSSR count). The van der Waals surface area contributed by atoms with Gasteiger partial charge in [-0.2, -0.15) is 5.10 Å². The molecule has 0 bridgehead atoms. The summed E-state index contributed by atoms with van der Waals surface area (Å²) in [6.45, 7) is 0.612. The maximum Gasteiger partial charge on any atom is 0.128 e. The molecule has 4 nitrogen and oxygen atoms in total. The van der Waals surface area contributed by atoms with Crippen LogP contribution in [0.25, 0.3) is 0 Å². The first-order chi connectivity index (χ1) is 9.15. The first kappa shape index (κ1) is 14.2. The fourth-order valence-corrected chi connectivity index (χ4v) is 1.96. The minimum absolute atomic E-state index is 0.131. The van der Waals surface area contributed by atoms with Crippen LogP contribution in [0.3, 0.4) is 0 Å². The van der Waals surface area contributed by atoms with E-state index in [0.717, 1.165) is 4.47 Å². The van der Waals surface area contributed by atoms with Gasteiger partial charge >= 0.3 is 0 Å². The Labute approximate surface area is 118 Å². The summed E-state index contributed by atoms with van der Waals surface area (Å²) in [5, 5.41) is 13.8. The topological polar surface area (TPSA) is 47.3 Å². The van der Waals surface area contributed by atoms with Gasteiger partial charge in [0.15, 0.2) is 0 Å². The maximum absolute atomic E-state index is 13.3. The Balaban J connectivity index is 1.75. The Kier molecular flexibility index (Phi) is 5.07. The smallest absolute Gasteiger partial charge is 0.128 e. The Morgan fingerprint density at radius 1 is 1.42 bits per heavy atom. The molecule has 102 valence electrons. The SMILES string of the molecule is OC(COCc1ccccc1F)Cn1cc(Br)cn1. The quantitative estimate of drug-likeness (QED) is 0.885. The molecule has 2 aromatic rings. The first-order valence-electron chi connectivity index (χ1n) is 5.82. The van der Waals surface area contributed by atoms with Gasteiger partial charge in [0.25, 0.3) is 0 Å². The van der Waals surface area contributed by atoms with Crippen molar-refractivity contribution < 1.29 is 14.2 Å². The minimum atomic E-state index is -0.682. The first-order valence-corrected chi connectivity index (χ1v) is 6.61. The van der Waals surface area contributed by atoms with Crippen molar-refractivity contribution in [3.63, 3.8) is 0 Å². The van der Waals surface area contributed by atoms with Gasteiger partial charge in [0.1, 0.15) is 5.82 Å². The molecule has 0 spiro atoms. The molecule has 6 heteroatoms. The molecule has 0 fully saturated rings. The largest absolute Gasteiger partial charge is 0.389 e. The van der Waals surface area contributed by atoms with Crippen LogP contribution >= 0.6 is 15.9 Å². The fourth-order valence-electron chi connectivity index (χ4n) is 1.63. The van der Waals surface area contributed by atoms with Crippen LogP contribution in [0.15, 0.2) is 41.1 Å². The second kappa shape index (κ2) is 6.79. The molecule has 0 amide bonds. The third-order valence-electron chi connectivity index (χ3n) is 2.53. The lowest BCUT2D eigenvalue weighted by Crippen LogP contribution is -2.22. The number of aromatic nitrogens is 2. The number of nitrogens with zero attached hydrogens (tertiary/aromatic N) is 2. The van der Waals surface area contributed by atoms with Gasteiger partial charge in [-0.3, -0.25) is 4.68 Å². The summed E-state index contributed by atoms with van der Waals surface area (Å²) in [6.07, 6.45) is 2.73. The molecule has 1 N–H and O–H groups in total. The van der Waals surface area contributed by atoms with E-state index in [4.69, 9.17) is 4.74 Å². The lowest BCUT2D eigenvalue weighted by Gasteiger charge is -2.11. The van der Waals surface area contributed by atoms with Gasteiger partial charge in [0.2, 0.25) is 0 Å². The minimum Gasteiger partial charge on any atom is -0.389 e. The van der Waals surface area contributed by atoms with Crippen molar-refractivity contribution in [2.24, 2.45) is 0 Å². The molecule has 19 heavy (non-hydrogen) atoms. The number of ether oxygens (including phenoxy) is 1. The van der Waals surface area contributed by atoms with E-state index >= 15 is 0 Å². The van der Waals surface area contributed by atoms with Crippen molar-refractivity contribution in [2.75, 3.05) is 6.61 Å². The molecule has 0 radical (unpaired) electrons. The molecule has 1 aromatic heterocycles. The average Bonchev–Trinajstić information content (AvgIpc) is 2.77. The third-order valence-corrected chi connectivity index (χ3v) is 2.93. The molecule has 0 saturated heterocycles. The van der Waals surface area contributed by atoms with Crippen LogP contribution in [-0.2, 0) is 17.9 Å². The van der Waals surface area contributed by atoms with E-state index in [1.807, 2.05) is 0 Å². The average molecular weight is 329 g/mol. The van der Waals surface area contributed by atoms with Crippen LogP contribution in [-0.4, -0.2) is 27.6 Å². The Bertz CT molecular complexity index is 533. The molecular formula is C13H14BrFN2O2. The fraction of sp³-hybridized carbons (Fsp3) is 0.308. The van der Waals surface area contributed by atoms with Crippen LogP contribution < -0.4 is 0 Å². The summed E-state index contributed by atoms with van der Waals surface area (Å²) in [5.74, 6) is -0.298. The summed E-state index contributed by atoms with van der Waals surface area (Å²) < 4.78 is 21.1. The van der Waals surface area contributed by atoms with Gasteiger partial charge in [0, 0.05) is 11.8 Å². The highest BCUT2D eigenvalue weighted by Gasteiger charge is 2.08. The van der Waals surface area contributed by atoms with Gasteiger partial charge in [-0.05, 0) is 22.0 Å². The molecule has 1 heterocycles. The summed E-state index contributed by atoms with van der Waals surface area (Å²) in [7, 11) is 0. The molecule has 1 atom stereocenters. The number of aliphatic hydroxyl groups excluding tert-OH is 1. The van der Waals surface area contributed by atoms with Crippen LogP contribution in [0.2, 0.25) is 0 Å². The number of aliphatic hydroxyl groups is 1. The van der Waals surface area contributed by atoms with Crippen LogP contribution in [0.1, 0.15) is 5.56 Å². The zero-order valence-corrected chi connectivity index (χ0v) is 11.8. The number of hydrogen-bond acceptors (Lipinski definition) is 3. The summed E-state index contributed by atoms with van der Waals surface area (Å²) in [4.78, 5) is 0. The predicted molar refractivity (Wildman–Crippen MR) is 72.0 cm³/mol. The van der Waals surface area contributed by atoms with Gasteiger partial charge < -0.3 is 9.84 Å². The third kappa shape index (κ3) is 4.41. The summed E-state index contributed by atoms with van der Waals surface area (Å²) >= 11 is 3.28. The van der Waals surface area contributed by atoms with Crippen molar-refractivity contribution in [3.8, 4) is 0 Å². The summed E-state index contributed by atoms with van der Waals surface area (Å²) in [5.41, 5.74) is 0.483. The maximum atomic E-state index is 13.3. The molecule has 0 saturated carbocycles. The van der Waals surface area contributed by atoms with Gasteiger partial charge in [-0.15, -0.1) is 0 Å². The highest BCUT2D eigenvalue weighted by atomic mass is 79.9. The van der Waals surface area contributed by atoms with Crippen molar-refractivity contribution in [3.05, 3.63) is 52.5 Å². The van der Waals surface area contributed by atoms with E-state index in [2.05, 4.69) is 21.0 Å². The van der Waals surface area contributed by atoms with E-state index in [1.165, 1.54) is 6.07 Å². The van der Waals surface area contributed by atoms with Crippen molar-refractivity contribution >= 4 is 15.9 Å². The molecule has 0 aliphatic rings. The number of hydrogen-bond donors (Lipinski definition) is 1. The number of halogens is 2. The van der Waals surface area contributed by atoms with Crippen LogP contribution in [0.5, 0.6) is 0 Å². The highest BCUT2D eigenvalue weighted by Crippen LogP contribution is 2.09. The number of rotatable bonds is 6.